The van der Waals surface area contributed by atoms with Crippen molar-refractivity contribution in [1.29, 1.82) is 0 Å². The Kier molecular flexibility index (Phi) is 5.72. The second kappa shape index (κ2) is 8.59. The Labute approximate surface area is 147 Å². The highest BCUT2D eigenvalue weighted by Crippen LogP contribution is 2.20. The van der Waals surface area contributed by atoms with Crippen LogP contribution in [0.5, 0.6) is 5.75 Å². The maximum absolute atomic E-state index is 5.33. The van der Waals surface area contributed by atoms with Gasteiger partial charge in [0.05, 0.1) is 30.4 Å². The third-order valence-corrected chi connectivity index (χ3v) is 3.57. The largest absolute Gasteiger partial charge is 0.497 e. The molecule has 126 valence electrons. The topological polar surface area (TPSA) is 56.6 Å². The van der Waals surface area contributed by atoms with Crippen LogP contribution >= 0.6 is 0 Å². The first kappa shape index (κ1) is 16.6. The first-order chi connectivity index (χ1) is 12.3. The fraction of sp³-hybridized carbons (Fsp3) is 0.150. The van der Waals surface area contributed by atoms with E-state index in [9.17, 15) is 0 Å². The second-order valence-corrected chi connectivity index (χ2v) is 5.34. The highest BCUT2D eigenvalue weighted by Gasteiger charge is 2.05. The molecular formula is C20H19N3O2. The maximum Gasteiger partial charge on any atom is 0.123 e. The molecule has 0 radical (unpaired) electrons. The molecule has 5 heteroatoms. The molecule has 0 saturated heterocycles. The van der Waals surface area contributed by atoms with E-state index in [2.05, 4.69) is 27.3 Å². The molecule has 25 heavy (non-hydrogen) atoms. The number of aromatic nitrogens is 2. The summed E-state index contributed by atoms with van der Waals surface area (Å²) in [5, 5.41) is 4.00. The van der Waals surface area contributed by atoms with Crippen LogP contribution in [-0.2, 0) is 11.3 Å². The summed E-state index contributed by atoms with van der Waals surface area (Å²) in [5.41, 5.74) is 3.38. The number of ether oxygens (including phenoxy) is 1. The first-order valence-electron chi connectivity index (χ1n) is 8.02. The van der Waals surface area contributed by atoms with Gasteiger partial charge in [-0.05, 0) is 17.7 Å². The minimum Gasteiger partial charge on any atom is -0.497 e. The minimum atomic E-state index is 0.511. The predicted molar refractivity (Wildman–Crippen MR) is 97.7 cm³/mol. The van der Waals surface area contributed by atoms with Gasteiger partial charge in [0, 0.05) is 24.8 Å². The van der Waals surface area contributed by atoms with Gasteiger partial charge in [0.2, 0.25) is 0 Å². The Bertz CT molecular complexity index is 821. The Morgan fingerprint density at radius 2 is 1.84 bits per heavy atom. The van der Waals surface area contributed by atoms with Gasteiger partial charge in [0.15, 0.2) is 0 Å². The van der Waals surface area contributed by atoms with Crippen LogP contribution < -0.4 is 4.74 Å². The van der Waals surface area contributed by atoms with Gasteiger partial charge in [-0.1, -0.05) is 41.6 Å². The van der Waals surface area contributed by atoms with Crippen molar-refractivity contribution in [3.63, 3.8) is 0 Å². The van der Waals surface area contributed by atoms with E-state index in [4.69, 9.17) is 9.57 Å². The van der Waals surface area contributed by atoms with E-state index in [1.54, 1.807) is 25.6 Å². The van der Waals surface area contributed by atoms with Gasteiger partial charge in [0.1, 0.15) is 12.4 Å². The third kappa shape index (κ3) is 4.88. The van der Waals surface area contributed by atoms with Crippen molar-refractivity contribution in [2.75, 3.05) is 13.7 Å². The van der Waals surface area contributed by atoms with E-state index < -0.39 is 0 Å². The molecule has 0 atom stereocenters. The average Bonchev–Trinajstić information content (AvgIpc) is 2.69. The van der Waals surface area contributed by atoms with Gasteiger partial charge in [-0.2, -0.15) is 0 Å². The average molecular weight is 333 g/mol. The maximum atomic E-state index is 5.33. The number of hydrogen-bond acceptors (Lipinski definition) is 5. The summed E-state index contributed by atoms with van der Waals surface area (Å²) in [6, 6.07) is 19.5. The summed E-state index contributed by atoms with van der Waals surface area (Å²) in [4.78, 5) is 14.2. The molecule has 0 aliphatic heterocycles. The molecule has 0 bridgehead atoms. The zero-order valence-corrected chi connectivity index (χ0v) is 14.0. The second-order valence-electron chi connectivity index (χ2n) is 5.34. The molecule has 0 aliphatic rings. The highest BCUT2D eigenvalue weighted by atomic mass is 16.6. The number of benzene rings is 1. The van der Waals surface area contributed by atoms with Crippen molar-refractivity contribution in [2.24, 2.45) is 5.16 Å². The van der Waals surface area contributed by atoms with Crippen LogP contribution in [0, 0.1) is 0 Å². The van der Waals surface area contributed by atoms with Gasteiger partial charge >= 0.3 is 0 Å². The SMILES string of the molecule is COc1cc(/C=N/OCCc2ccccc2)nc(-c2ccccn2)c1. The summed E-state index contributed by atoms with van der Waals surface area (Å²) in [7, 11) is 1.62. The van der Waals surface area contributed by atoms with E-state index in [1.807, 2.05) is 42.5 Å². The summed E-state index contributed by atoms with van der Waals surface area (Å²) < 4.78 is 5.33. The molecule has 0 N–H and O–H groups in total. The number of hydrogen-bond donors (Lipinski definition) is 0. The fourth-order valence-electron chi connectivity index (χ4n) is 2.31. The quantitative estimate of drug-likeness (QED) is 0.375. The van der Waals surface area contributed by atoms with Crippen molar-refractivity contribution in [3.8, 4) is 17.1 Å². The standard InChI is InChI=1S/C20H19N3O2/c1-24-18-13-17(23-20(14-18)19-9-5-6-11-21-19)15-22-25-12-10-16-7-3-2-4-8-16/h2-9,11,13-15H,10,12H2,1H3/b22-15+. The molecule has 3 rings (SSSR count). The monoisotopic (exact) mass is 333 g/mol. The first-order valence-corrected chi connectivity index (χ1v) is 8.02. The van der Waals surface area contributed by atoms with E-state index in [-0.39, 0.29) is 0 Å². The number of oxime groups is 1. The van der Waals surface area contributed by atoms with Gasteiger partial charge in [0.25, 0.3) is 0 Å². The normalized spacial score (nSPS) is 10.8. The molecule has 0 aliphatic carbocycles. The summed E-state index contributed by atoms with van der Waals surface area (Å²) in [5.74, 6) is 0.696. The molecule has 3 aromatic rings. The van der Waals surface area contributed by atoms with E-state index >= 15 is 0 Å². The van der Waals surface area contributed by atoms with Crippen molar-refractivity contribution in [2.45, 2.75) is 6.42 Å². The Balaban J connectivity index is 1.65. The Morgan fingerprint density at radius 3 is 2.60 bits per heavy atom. The lowest BCUT2D eigenvalue weighted by atomic mass is 10.2. The minimum absolute atomic E-state index is 0.511. The molecule has 0 amide bonds. The van der Waals surface area contributed by atoms with Crippen molar-refractivity contribution >= 4 is 6.21 Å². The van der Waals surface area contributed by atoms with Crippen LogP contribution in [0.25, 0.3) is 11.4 Å². The molecule has 1 aromatic carbocycles. The van der Waals surface area contributed by atoms with Gasteiger partial charge in [-0.3, -0.25) is 4.98 Å². The third-order valence-electron chi connectivity index (χ3n) is 3.57. The van der Waals surface area contributed by atoms with Crippen LogP contribution in [0.4, 0.5) is 0 Å². The number of methoxy groups -OCH3 is 1. The zero-order chi connectivity index (χ0) is 17.3. The van der Waals surface area contributed by atoms with E-state index in [1.165, 1.54) is 5.56 Å². The molecule has 0 spiro atoms. The van der Waals surface area contributed by atoms with E-state index in [0.29, 0.717) is 18.1 Å². The Hall–Kier alpha value is -3.21. The summed E-state index contributed by atoms with van der Waals surface area (Å²) in [6.07, 6.45) is 4.12. The van der Waals surface area contributed by atoms with E-state index in [0.717, 1.165) is 17.8 Å². The van der Waals surface area contributed by atoms with Crippen LogP contribution in [-0.4, -0.2) is 29.9 Å². The molecule has 5 nitrogen and oxygen atoms in total. The van der Waals surface area contributed by atoms with Crippen molar-refractivity contribution in [1.82, 2.24) is 9.97 Å². The van der Waals surface area contributed by atoms with Crippen LogP contribution in [0.1, 0.15) is 11.3 Å². The number of nitrogens with zero attached hydrogens (tertiary/aromatic N) is 3. The number of rotatable bonds is 7. The molecule has 2 heterocycles. The van der Waals surface area contributed by atoms with Gasteiger partial charge in [-0.25, -0.2) is 4.98 Å². The molecule has 2 aromatic heterocycles. The smallest absolute Gasteiger partial charge is 0.123 e. The van der Waals surface area contributed by atoms with Crippen LogP contribution in [0.2, 0.25) is 0 Å². The lowest BCUT2D eigenvalue weighted by molar-refractivity contribution is 0.149. The fourth-order valence-corrected chi connectivity index (χ4v) is 2.31. The highest BCUT2D eigenvalue weighted by molar-refractivity contribution is 5.78. The van der Waals surface area contributed by atoms with Crippen molar-refractivity contribution < 1.29 is 9.57 Å². The number of pyridine rings is 2. The van der Waals surface area contributed by atoms with Gasteiger partial charge in [-0.15, -0.1) is 0 Å². The van der Waals surface area contributed by atoms with Gasteiger partial charge < -0.3 is 9.57 Å². The predicted octanol–water partition coefficient (Wildman–Crippen LogP) is 3.75. The lowest BCUT2D eigenvalue weighted by Gasteiger charge is -2.05. The lowest BCUT2D eigenvalue weighted by Crippen LogP contribution is -1.97. The van der Waals surface area contributed by atoms with Crippen LogP contribution in [0.3, 0.4) is 0 Å². The summed E-state index contributed by atoms with van der Waals surface area (Å²) >= 11 is 0. The molecule has 0 fully saturated rings. The van der Waals surface area contributed by atoms with Crippen molar-refractivity contribution in [3.05, 3.63) is 78.1 Å². The summed E-state index contributed by atoms with van der Waals surface area (Å²) in [6.45, 7) is 0.511. The molecule has 0 saturated carbocycles. The Morgan fingerprint density at radius 1 is 1.00 bits per heavy atom. The van der Waals surface area contributed by atoms with Crippen LogP contribution in [0.15, 0.2) is 72.0 Å². The molecule has 0 unspecified atom stereocenters. The molecular weight excluding hydrogens is 314 g/mol. The zero-order valence-electron chi connectivity index (χ0n) is 14.0.